The minimum Gasteiger partial charge on any atom is -0.480 e. The van der Waals surface area contributed by atoms with Crippen molar-refractivity contribution in [1.82, 2.24) is 0 Å². The van der Waals surface area contributed by atoms with Gasteiger partial charge in [0.15, 0.2) is 0 Å². The molecule has 0 aliphatic rings. The SMILES string of the molecule is CC(F)(F)c1cccc(CC(N)C(=O)O)c1. The number of rotatable bonds is 4. The van der Waals surface area contributed by atoms with Crippen molar-refractivity contribution >= 4 is 5.97 Å². The number of aliphatic carboxylic acids is 1. The zero-order valence-corrected chi connectivity index (χ0v) is 8.78. The Labute approximate surface area is 91.9 Å². The molecule has 0 amide bonds. The molecule has 1 rings (SSSR count). The molecule has 0 aromatic heterocycles. The van der Waals surface area contributed by atoms with Crippen LogP contribution in [0.3, 0.4) is 0 Å². The van der Waals surface area contributed by atoms with Gasteiger partial charge < -0.3 is 10.8 Å². The lowest BCUT2D eigenvalue weighted by atomic mass is 10.0. The second-order valence-electron chi connectivity index (χ2n) is 3.74. The molecule has 1 atom stereocenters. The monoisotopic (exact) mass is 229 g/mol. The molecule has 16 heavy (non-hydrogen) atoms. The molecule has 3 nitrogen and oxygen atoms in total. The number of carboxylic acids is 1. The molecule has 0 saturated carbocycles. The molecule has 0 saturated heterocycles. The van der Waals surface area contributed by atoms with Crippen LogP contribution in [0, 0.1) is 0 Å². The Hall–Kier alpha value is -1.49. The minimum absolute atomic E-state index is 0.0409. The minimum atomic E-state index is -2.93. The topological polar surface area (TPSA) is 63.3 Å². The van der Waals surface area contributed by atoms with E-state index in [1.807, 2.05) is 0 Å². The van der Waals surface area contributed by atoms with Gasteiger partial charge in [0.2, 0.25) is 0 Å². The highest BCUT2D eigenvalue weighted by Crippen LogP contribution is 2.27. The third-order valence-electron chi connectivity index (χ3n) is 2.21. The lowest BCUT2D eigenvalue weighted by Gasteiger charge is -2.13. The number of alkyl halides is 2. The van der Waals surface area contributed by atoms with Crippen molar-refractivity contribution in [3.63, 3.8) is 0 Å². The van der Waals surface area contributed by atoms with Crippen LogP contribution in [0.25, 0.3) is 0 Å². The van der Waals surface area contributed by atoms with Crippen molar-refractivity contribution in [2.24, 2.45) is 5.73 Å². The van der Waals surface area contributed by atoms with Gasteiger partial charge in [-0.3, -0.25) is 4.79 Å². The Bertz CT molecular complexity index is 388. The first-order valence-electron chi connectivity index (χ1n) is 4.76. The molecule has 0 spiro atoms. The Balaban J connectivity index is 2.87. The Morgan fingerprint density at radius 2 is 2.19 bits per heavy atom. The summed E-state index contributed by atoms with van der Waals surface area (Å²) in [5, 5.41) is 8.60. The second-order valence-corrected chi connectivity index (χ2v) is 3.74. The third-order valence-corrected chi connectivity index (χ3v) is 2.21. The molecule has 0 bridgehead atoms. The summed E-state index contributed by atoms with van der Waals surface area (Å²) >= 11 is 0. The average Bonchev–Trinajstić information content (AvgIpc) is 2.16. The molecule has 1 aromatic carbocycles. The van der Waals surface area contributed by atoms with Gasteiger partial charge >= 0.3 is 5.97 Å². The van der Waals surface area contributed by atoms with Gasteiger partial charge in [-0.05, 0) is 18.1 Å². The fourth-order valence-corrected chi connectivity index (χ4v) is 1.31. The van der Waals surface area contributed by atoms with E-state index in [9.17, 15) is 13.6 Å². The molecule has 0 heterocycles. The van der Waals surface area contributed by atoms with E-state index >= 15 is 0 Å². The first kappa shape index (κ1) is 12.6. The highest BCUT2D eigenvalue weighted by atomic mass is 19.3. The number of benzene rings is 1. The van der Waals surface area contributed by atoms with E-state index in [1.165, 1.54) is 18.2 Å². The lowest BCUT2D eigenvalue weighted by molar-refractivity contribution is -0.138. The van der Waals surface area contributed by atoms with Gasteiger partial charge in [0, 0.05) is 12.5 Å². The normalized spacial score (nSPS) is 13.5. The Morgan fingerprint density at radius 1 is 1.56 bits per heavy atom. The standard InChI is InChI=1S/C11H13F2NO2/c1-11(12,13)8-4-2-3-7(5-8)6-9(14)10(15)16/h2-5,9H,6,14H2,1H3,(H,15,16). The van der Waals surface area contributed by atoms with Crippen molar-refractivity contribution in [1.29, 1.82) is 0 Å². The van der Waals surface area contributed by atoms with Crippen LogP contribution in [0.1, 0.15) is 18.1 Å². The van der Waals surface area contributed by atoms with E-state index in [0.717, 1.165) is 6.92 Å². The molecular weight excluding hydrogens is 216 g/mol. The molecule has 3 N–H and O–H groups in total. The first-order valence-corrected chi connectivity index (χ1v) is 4.76. The maximum Gasteiger partial charge on any atom is 0.320 e. The molecule has 0 aliphatic carbocycles. The smallest absolute Gasteiger partial charge is 0.320 e. The van der Waals surface area contributed by atoms with Crippen LogP contribution in [0.5, 0.6) is 0 Å². The van der Waals surface area contributed by atoms with Gasteiger partial charge in [-0.25, -0.2) is 8.78 Å². The van der Waals surface area contributed by atoms with E-state index in [1.54, 1.807) is 6.07 Å². The van der Waals surface area contributed by atoms with Crippen LogP contribution in [-0.2, 0) is 17.1 Å². The van der Waals surface area contributed by atoms with Gasteiger partial charge in [0.05, 0.1) is 0 Å². The van der Waals surface area contributed by atoms with E-state index in [4.69, 9.17) is 10.8 Å². The molecule has 1 unspecified atom stereocenters. The summed E-state index contributed by atoms with van der Waals surface area (Å²) in [5.74, 6) is -4.07. The molecule has 0 aliphatic heterocycles. The van der Waals surface area contributed by atoms with Gasteiger partial charge in [-0.15, -0.1) is 0 Å². The summed E-state index contributed by atoms with van der Waals surface area (Å²) in [4.78, 5) is 10.5. The highest BCUT2D eigenvalue weighted by molar-refractivity contribution is 5.73. The number of halogens is 2. The average molecular weight is 229 g/mol. The Morgan fingerprint density at radius 3 is 2.69 bits per heavy atom. The van der Waals surface area contributed by atoms with Crippen LogP contribution in [-0.4, -0.2) is 17.1 Å². The molecule has 1 aromatic rings. The predicted molar refractivity (Wildman–Crippen MR) is 55.3 cm³/mol. The van der Waals surface area contributed by atoms with Crippen molar-refractivity contribution in [2.45, 2.75) is 25.3 Å². The fraction of sp³-hybridized carbons (Fsp3) is 0.364. The third kappa shape index (κ3) is 3.27. The van der Waals surface area contributed by atoms with Crippen LogP contribution in [0.2, 0.25) is 0 Å². The van der Waals surface area contributed by atoms with Gasteiger partial charge in [-0.1, -0.05) is 18.2 Å². The lowest BCUT2D eigenvalue weighted by Crippen LogP contribution is -2.32. The maximum absolute atomic E-state index is 13.0. The van der Waals surface area contributed by atoms with Crippen LogP contribution in [0.4, 0.5) is 8.78 Å². The zero-order valence-electron chi connectivity index (χ0n) is 8.78. The van der Waals surface area contributed by atoms with Crippen molar-refractivity contribution in [3.8, 4) is 0 Å². The summed E-state index contributed by atoms with van der Waals surface area (Å²) in [5.41, 5.74) is 5.68. The maximum atomic E-state index is 13.0. The number of carboxylic acid groups (broad SMARTS) is 1. The summed E-state index contributed by atoms with van der Waals surface area (Å²) in [6.07, 6.45) is 0.0409. The van der Waals surface area contributed by atoms with E-state index < -0.39 is 17.9 Å². The van der Waals surface area contributed by atoms with E-state index in [2.05, 4.69) is 0 Å². The fourth-order valence-electron chi connectivity index (χ4n) is 1.31. The number of hydrogen-bond donors (Lipinski definition) is 2. The Kier molecular flexibility index (Phi) is 3.59. The van der Waals surface area contributed by atoms with Gasteiger partial charge in [0.25, 0.3) is 5.92 Å². The molecule has 0 radical (unpaired) electrons. The molecule has 88 valence electrons. The summed E-state index contributed by atoms with van der Waals surface area (Å²) in [6.45, 7) is 0.795. The predicted octanol–water partition coefficient (Wildman–Crippen LogP) is 1.75. The summed E-state index contributed by atoms with van der Waals surface area (Å²) < 4.78 is 26.0. The summed E-state index contributed by atoms with van der Waals surface area (Å²) in [6, 6.07) is 4.56. The molecule has 0 fully saturated rings. The van der Waals surface area contributed by atoms with Crippen molar-refractivity contribution in [3.05, 3.63) is 35.4 Å². The van der Waals surface area contributed by atoms with Crippen LogP contribution in [0.15, 0.2) is 24.3 Å². The molecule has 5 heteroatoms. The summed E-state index contributed by atoms with van der Waals surface area (Å²) in [7, 11) is 0. The second kappa shape index (κ2) is 4.57. The molecular formula is C11H13F2NO2. The van der Waals surface area contributed by atoms with Gasteiger partial charge in [-0.2, -0.15) is 0 Å². The van der Waals surface area contributed by atoms with Gasteiger partial charge in [0.1, 0.15) is 6.04 Å². The quantitative estimate of drug-likeness (QED) is 0.826. The van der Waals surface area contributed by atoms with Crippen molar-refractivity contribution in [2.75, 3.05) is 0 Å². The van der Waals surface area contributed by atoms with Crippen LogP contribution < -0.4 is 5.73 Å². The number of nitrogens with two attached hydrogens (primary N) is 1. The van der Waals surface area contributed by atoms with E-state index in [0.29, 0.717) is 5.56 Å². The zero-order chi connectivity index (χ0) is 12.3. The van der Waals surface area contributed by atoms with Crippen molar-refractivity contribution < 1.29 is 18.7 Å². The number of hydrogen-bond acceptors (Lipinski definition) is 2. The number of carbonyl (C=O) groups is 1. The first-order chi connectivity index (χ1) is 7.30. The van der Waals surface area contributed by atoms with E-state index in [-0.39, 0.29) is 12.0 Å². The largest absolute Gasteiger partial charge is 0.480 e. The highest BCUT2D eigenvalue weighted by Gasteiger charge is 2.24. The van der Waals surface area contributed by atoms with Crippen LogP contribution >= 0.6 is 0 Å².